The third-order valence-corrected chi connectivity index (χ3v) is 4.63. The van der Waals surface area contributed by atoms with Gasteiger partial charge in [-0.05, 0) is 37.8 Å². The Balaban J connectivity index is 1.71. The van der Waals surface area contributed by atoms with Crippen LogP contribution in [-0.4, -0.2) is 60.4 Å². The number of hydrogen-bond acceptors (Lipinski definition) is 3. The van der Waals surface area contributed by atoms with Gasteiger partial charge in [0.15, 0.2) is 0 Å². The van der Waals surface area contributed by atoms with Crippen LogP contribution in [0.5, 0.6) is 0 Å². The number of nitrogens with one attached hydrogen (secondary N) is 1. The highest BCUT2D eigenvalue weighted by atomic mass is 16.2. The maximum absolute atomic E-state index is 12.4. The SMILES string of the molecule is CC(C)CC[C@H](C)NC(=O)CN1CCN(C(=O)c2ccccc2)CC1. The van der Waals surface area contributed by atoms with E-state index in [1.807, 2.05) is 35.2 Å². The average Bonchev–Trinajstić information content (AvgIpc) is 2.60. The summed E-state index contributed by atoms with van der Waals surface area (Å²) < 4.78 is 0. The molecular formula is C20H31N3O2. The molecule has 1 aromatic rings. The van der Waals surface area contributed by atoms with Crippen LogP contribution in [0.25, 0.3) is 0 Å². The lowest BCUT2D eigenvalue weighted by Gasteiger charge is -2.34. The molecule has 2 rings (SSSR count). The van der Waals surface area contributed by atoms with Gasteiger partial charge in [-0.3, -0.25) is 14.5 Å². The van der Waals surface area contributed by atoms with Gasteiger partial charge in [0.05, 0.1) is 6.54 Å². The van der Waals surface area contributed by atoms with E-state index in [2.05, 4.69) is 31.0 Å². The molecular weight excluding hydrogens is 314 g/mol. The van der Waals surface area contributed by atoms with Crippen LogP contribution in [0.4, 0.5) is 0 Å². The molecule has 1 aromatic carbocycles. The fourth-order valence-corrected chi connectivity index (χ4v) is 3.05. The van der Waals surface area contributed by atoms with Gasteiger partial charge in [0, 0.05) is 37.8 Å². The van der Waals surface area contributed by atoms with E-state index < -0.39 is 0 Å². The van der Waals surface area contributed by atoms with Crippen molar-refractivity contribution >= 4 is 11.8 Å². The lowest BCUT2D eigenvalue weighted by molar-refractivity contribution is -0.123. The van der Waals surface area contributed by atoms with Crippen LogP contribution < -0.4 is 5.32 Å². The number of hydrogen-bond donors (Lipinski definition) is 1. The van der Waals surface area contributed by atoms with E-state index in [9.17, 15) is 9.59 Å². The van der Waals surface area contributed by atoms with Crippen LogP contribution in [0, 0.1) is 5.92 Å². The van der Waals surface area contributed by atoms with E-state index in [1.54, 1.807) is 0 Å². The molecule has 0 unspecified atom stereocenters. The minimum atomic E-state index is 0.0759. The minimum Gasteiger partial charge on any atom is -0.353 e. The quantitative estimate of drug-likeness (QED) is 0.825. The molecule has 1 atom stereocenters. The lowest BCUT2D eigenvalue weighted by atomic mass is 10.0. The van der Waals surface area contributed by atoms with E-state index in [0.29, 0.717) is 25.6 Å². The first-order chi connectivity index (χ1) is 12.0. The Morgan fingerprint density at radius 1 is 1.00 bits per heavy atom. The maximum atomic E-state index is 12.4. The van der Waals surface area contributed by atoms with Gasteiger partial charge in [-0.15, -0.1) is 0 Å². The number of rotatable bonds is 7. The molecule has 5 heteroatoms. The second-order valence-electron chi connectivity index (χ2n) is 7.37. The van der Waals surface area contributed by atoms with Gasteiger partial charge >= 0.3 is 0 Å². The van der Waals surface area contributed by atoms with Crippen molar-refractivity contribution in [2.24, 2.45) is 5.92 Å². The topological polar surface area (TPSA) is 52.7 Å². The second kappa shape index (κ2) is 9.56. The molecule has 5 nitrogen and oxygen atoms in total. The molecule has 1 N–H and O–H groups in total. The Hall–Kier alpha value is -1.88. The molecule has 1 aliphatic rings. The van der Waals surface area contributed by atoms with Gasteiger partial charge in [0.2, 0.25) is 5.91 Å². The molecule has 0 radical (unpaired) electrons. The van der Waals surface area contributed by atoms with Crippen molar-refractivity contribution in [3.63, 3.8) is 0 Å². The van der Waals surface area contributed by atoms with Gasteiger partial charge in [0.1, 0.15) is 0 Å². The van der Waals surface area contributed by atoms with Gasteiger partial charge < -0.3 is 10.2 Å². The molecule has 0 bridgehead atoms. The normalized spacial score (nSPS) is 16.7. The fraction of sp³-hybridized carbons (Fsp3) is 0.600. The molecule has 0 aliphatic carbocycles. The second-order valence-corrected chi connectivity index (χ2v) is 7.37. The third-order valence-electron chi connectivity index (χ3n) is 4.63. The van der Waals surface area contributed by atoms with Crippen molar-refractivity contribution in [2.75, 3.05) is 32.7 Å². The standard InChI is InChI=1S/C20H31N3O2/c1-16(2)9-10-17(3)21-19(24)15-22-11-13-23(14-12-22)20(25)18-7-5-4-6-8-18/h4-8,16-17H,9-15H2,1-3H3,(H,21,24)/t17-/m0/s1. The van der Waals surface area contributed by atoms with E-state index in [1.165, 1.54) is 0 Å². The van der Waals surface area contributed by atoms with Crippen molar-refractivity contribution in [3.05, 3.63) is 35.9 Å². The summed E-state index contributed by atoms with van der Waals surface area (Å²) in [6, 6.07) is 9.59. The highest BCUT2D eigenvalue weighted by Crippen LogP contribution is 2.09. The highest BCUT2D eigenvalue weighted by molar-refractivity contribution is 5.94. The Morgan fingerprint density at radius 2 is 1.64 bits per heavy atom. The maximum Gasteiger partial charge on any atom is 0.253 e. The van der Waals surface area contributed by atoms with E-state index in [4.69, 9.17) is 0 Å². The molecule has 2 amide bonds. The smallest absolute Gasteiger partial charge is 0.253 e. The van der Waals surface area contributed by atoms with Gasteiger partial charge in [-0.1, -0.05) is 32.0 Å². The molecule has 25 heavy (non-hydrogen) atoms. The molecule has 1 heterocycles. The fourth-order valence-electron chi connectivity index (χ4n) is 3.05. The number of piperazine rings is 1. The summed E-state index contributed by atoms with van der Waals surface area (Å²) in [6.07, 6.45) is 2.14. The first-order valence-corrected chi connectivity index (χ1v) is 9.31. The summed E-state index contributed by atoms with van der Waals surface area (Å²) in [5.41, 5.74) is 0.729. The molecule has 138 valence electrons. The first kappa shape index (κ1) is 19.4. The van der Waals surface area contributed by atoms with Gasteiger partial charge in [-0.2, -0.15) is 0 Å². The lowest BCUT2D eigenvalue weighted by Crippen LogP contribution is -2.51. The van der Waals surface area contributed by atoms with E-state index in [0.717, 1.165) is 31.5 Å². The zero-order chi connectivity index (χ0) is 18.2. The third kappa shape index (κ3) is 6.50. The Kier molecular flexibility index (Phi) is 7.44. The van der Waals surface area contributed by atoms with Crippen LogP contribution in [0.3, 0.4) is 0 Å². The molecule has 0 aromatic heterocycles. The zero-order valence-electron chi connectivity index (χ0n) is 15.7. The summed E-state index contributed by atoms with van der Waals surface area (Å²) in [5.74, 6) is 0.820. The van der Waals surface area contributed by atoms with Crippen LogP contribution >= 0.6 is 0 Å². The van der Waals surface area contributed by atoms with Gasteiger partial charge in [-0.25, -0.2) is 0 Å². The molecule has 1 saturated heterocycles. The summed E-state index contributed by atoms with van der Waals surface area (Å²) in [5, 5.41) is 3.08. The monoisotopic (exact) mass is 345 g/mol. The van der Waals surface area contributed by atoms with Crippen molar-refractivity contribution in [2.45, 2.75) is 39.7 Å². The van der Waals surface area contributed by atoms with E-state index in [-0.39, 0.29) is 17.9 Å². The predicted molar refractivity (Wildman–Crippen MR) is 100 cm³/mol. The summed E-state index contributed by atoms with van der Waals surface area (Å²) in [6.45, 7) is 9.71. The number of carbonyl (C=O) groups excluding carboxylic acids is 2. The van der Waals surface area contributed by atoms with Crippen molar-refractivity contribution in [3.8, 4) is 0 Å². The largest absolute Gasteiger partial charge is 0.353 e. The molecule has 1 fully saturated rings. The minimum absolute atomic E-state index is 0.0759. The van der Waals surface area contributed by atoms with Crippen LogP contribution in [0.15, 0.2) is 30.3 Å². The Morgan fingerprint density at radius 3 is 2.24 bits per heavy atom. The summed E-state index contributed by atoms with van der Waals surface area (Å²) in [7, 11) is 0. The van der Waals surface area contributed by atoms with Crippen molar-refractivity contribution in [1.29, 1.82) is 0 Å². The highest BCUT2D eigenvalue weighted by Gasteiger charge is 2.23. The number of benzene rings is 1. The van der Waals surface area contributed by atoms with Crippen LogP contribution in [0.1, 0.15) is 44.0 Å². The summed E-state index contributed by atoms with van der Waals surface area (Å²) >= 11 is 0. The van der Waals surface area contributed by atoms with Crippen LogP contribution in [0.2, 0.25) is 0 Å². The van der Waals surface area contributed by atoms with Gasteiger partial charge in [0.25, 0.3) is 5.91 Å². The van der Waals surface area contributed by atoms with Crippen molar-refractivity contribution < 1.29 is 9.59 Å². The number of amides is 2. The summed E-state index contributed by atoms with van der Waals surface area (Å²) in [4.78, 5) is 28.6. The van der Waals surface area contributed by atoms with Crippen molar-refractivity contribution in [1.82, 2.24) is 15.1 Å². The predicted octanol–water partition coefficient (Wildman–Crippen LogP) is 2.39. The number of nitrogens with zero attached hydrogens (tertiary/aromatic N) is 2. The molecule has 0 spiro atoms. The number of carbonyl (C=O) groups is 2. The first-order valence-electron chi connectivity index (χ1n) is 9.31. The molecule has 1 aliphatic heterocycles. The average molecular weight is 345 g/mol. The Bertz CT molecular complexity index is 551. The Labute approximate surface area is 151 Å². The van der Waals surface area contributed by atoms with Crippen LogP contribution in [-0.2, 0) is 4.79 Å². The zero-order valence-corrected chi connectivity index (χ0v) is 15.7. The molecule has 0 saturated carbocycles. The van der Waals surface area contributed by atoms with E-state index >= 15 is 0 Å².